The highest BCUT2D eigenvalue weighted by Gasteiger charge is 2.54. The van der Waals surface area contributed by atoms with E-state index >= 15 is 0 Å². The van der Waals surface area contributed by atoms with Gasteiger partial charge in [0.25, 0.3) is 0 Å². The molecule has 3 aromatic rings. The van der Waals surface area contributed by atoms with E-state index in [2.05, 4.69) is 11.6 Å². The first-order chi connectivity index (χ1) is 16.0. The van der Waals surface area contributed by atoms with Crippen molar-refractivity contribution in [1.82, 2.24) is 4.98 Å². The van der Waals surface area contributed by atoms with E-state index < -0.39 is 17.7 Å². The van der Waals surface area contributed by atoms with Crippen LogP contribution in [0.5, 0.6) is 5.75 Å². The summed E-state index contributed by atoms with van der Waals surface area (Å²) in [6.45, 7) is 5.73. The van der Waals surface area contributed by atoms with Gasteiger partial charge in [-0.3, -0.25) is 4.98 Å². The molecule has 0 spiro atoms. The lowest BCUT2D eigenvalue weighted by molar-refractivity contribution is -0.985. The number of aromatic nitrogens is 1. The first-order valence-corrected chi connectivity index (χ1v) is 11.5. The Morgan fingerprint density at radius 2 is 2.03 bits per heavy atom. The van der Waals surface area contributed by atoms with E-state index in [1.54, 1.807) is 13.3 Å². The molecule has 33 heavy (non-hydrogen) atoms. The van der Waals surface area contributed by atoms with Crippen molar-refractivity contribution >= 4 is 10.9 Å². The number of benzene rings is 2. The molecule has 1 N–H and O–H groups in total. The summed E-state index contributed by atoms with van der Waals surface area (Å²) < 4.78 is 35.2. The van der Waals surface area contributed by atoms with Gasteiger partial charge in [-0.15, -0.1) is 6.58 Å². The molecule has 1 aromatic heterocycles. The van der Waals surface area contributed by atoms with Crippen LogP contribution in [0.3, 0.4) is 0 Å². The topological polar surface area (TPSA) is 42.4 Å². The number of nitrogens with zero attached hydrogens (tertiary/aromatic N) is 2. The predicted molar refractivity (Wildman–Crippen MR) is 124 cm³/mol. The molecular weight excluding hydrogens is 422 g/mol. The van der Waals surface area contributed by atoms with Gasteiger partial charge in [0, 0.05) is 30.3 Å². The molecule has 3 aliphatic heterocycles. The fourth-order valence-corrected chi connectivity index (χ4v) is 6.12. The highest BCUT2D eigenvalue weighted by atomic mass is 19.1. The van der Waals surface area contributed by atoms with Crippen LogP contribution in [0, 0.1) is 23.5 Å². The van der Waals surface area contributed by atoms with Crippen molar-refractivity contribution in [2.45, 2.75) is 31.5 Å². The summed E-state index contributed by atoms with van der Waals surface area (Å²) in [5.74, 6) is 0.315. The molecule has 6 rings (SSSR count). The van der Waals surface area contributed by atoms with E-state index in [0.717, 1.165) is 42.4 Å². The molecule has 4 nitrogen and oxygen atoms in total. The zero-order valence-electron chi connectivity index (χ0n) is 18.8. The number of aliphatic hydroxyl groups excluding tert-OH is 1. The van der Waals surface area contributed by atoms with E-state index in [0.29, 0.717) is 16.2 Å². The zero-order valence-corrected chi connectivity index (χ0v) is 18.8. The first kappa shape index (κ1) is 22.0. The van der Waals surface area contributed by atoms with Gasteiger partial charge in [-0.05, 0) is 47.9 Å². The summed E-state index contributed by atoms with van der Waals surface area (Å²) in [6, 6.07) is 11.3. The fraction of sp³-hybridized carbons (Fsp3) is 0.370. The Balaban J connectivity index is 1.59. The molecule has 0 radical (unpaired) electrons. The lowest BCUT2D eigenvalue weighted by atomic mass is 9.71. The Kier molecular flexibility index (Phi) is 5.67. The number of methoxy groups -OCH3 is 1. The van der Waals surface area contributed by atoms with Gasteiger partial charge in [-0.1, -0.05) is 12.1 Å². The van der Waals surface area contributed by atoms with Crippen molar-refractivity contribution in [3.63, 3.8) is 0 Å². The Morgan fingerprint density at radius 3 is 2.76 bits per heavy atom. The van der Waals surface area contributed by atoms with Crippen molar-refractivity contribution in [2.75, 3.05) is 20.2 Å². The van der Waals surface area contributed by atoms with E-state index in [1.807, 2.05) is 30.3 Å². The van der Waals surface area contributed by atoms with Crippen LogP contribution in [-0.4, -0.2) is 40.8 Å². The van der Waals surface area contributed by atoms with Gasteiger partial charge in [0.2, 0.25) is 0 Å². The van der Waals surface area contributed by atoms with Gasteiger partial charge in [0.15, 0.2) is 0 Å². The summed E-state index contributed by atoms with van der Waals surface area (Å²) in [5.41, 5.74) is 1.65. The number of rotatable bonds is 6. The number of quaternary nitrogens is 1. The highest BCUT2D eigenvalue weighted by Crippen LogP contribution is 2.48. The Bertz CT molecular complexity index is 1180. The SMILES string of the molecule is C=CC1C[N+]2(Cc3c(F)cccc3F)CCC1C[C@H]2[C@H](O)c1ccnc2ccc(OC)cc12. The molecule has 0 aliphatic carbocycles. The third kappa shape index (κ3) is 3.71. The predicted octanol–water partition coefficient (Wildman–Crippen LogP) is 5.17. The number of ether oxygens (including phenoxy) is 1. The van der Waals surface area contributed by atoms with Crippen LogP contribution in [0.4, 0.5) is 8.78 Å². The molecule has 3 unspecified atom stereocenters. The highest BCUT2D eigenvalue weighted by molar-refractivity contribution is 5.83. The van der Waals surface area contributed by atoms with E-state index in [4.69, 9.17) is 4.74 Å². The number of fused-ring (bicyclic) bond motifs is 4. The second kappa shape index (κ2) is 8.50. The van der Waals surface area contributed by atoms with Crippen LogP contribution >= 0.6 is 0 Å². The average molecular weight is 452 g/mol. The standard InChI is InChI=1S/C27H29F2N2O2/c1-3-17-15-31(16-22-23(28)5-4-6-24(22)29)12-10-18(17)13-26(31)27(32)20-9-11-30-25-8-7-19(33-2)14-21(20)25/h3-9,11,14,17-18,26-27,32H,1,10,12-13,15-16H2,2H3/q+1/t17?,18?,26-,27+,31?/m0/s1. The molecule has 0 amide bonds. The number of piperidine rings is 3. The van der Waals surface area contributed by atoms with Gasteiger partial charge < -0.3 is 14.3 Å². The summed E-state index contributed by atoms with van der Waals surface area (Å²) in [6.07, 6.45) is 4.62. The fourth-order valence-electron chi connectivity index (χ4n) is 6.12. The van der Waals surface area contributed by atoms with E-state index in [1.165, 1.54) is 18.2 Å². The van der Waals surface area contributed by atoms with Crippen molar-refractivity contribution in [2.24, 2.45) is 11.8 Å². The Hall–Kier alpha value is -2.83. The lowest BCUT2D eigenvalue weighted by Gasteiger charge is -2.58. The third-order valence-corrected chi connectivity index (χ3v) is 7.88. The minimum atomic E-state index is -0.800. The summed E-state index contributed by atoms with van der Waals surface area (Å²) >= 11 is 0. The molecule has 2 aromatic carbocycles. The Labute approximate surface area is 192 Å². The smallest absolute Gasteiger partial charge is 0.135 e. The third-order valence-electron chi connectivity index (χ3n) is 7.88. The molecule has 4 heterocycles. The van der Waals surface area contributed by atoms with Crippen molar-refractivity contribution < 1.29 is 23.1 Å². The second-order valence-corrected chi connectivity index (χ2v) is 9.46. The number of aliphatic hydroxyl groups is 1. The minimum absolute atomic E-state index is 0.0964. The van der Waals surface area contributed by atoms with Crippen LogP contribution in [0.2, 0.25) is 0 Å². The number of hydrogen-bond acceptors (Lipinski definition) is 3. The van der Waals surface area contributed by atoms with Crippen molar-refractivity contribution in [3.05, 3.63) is 84.1 Å². The molecule has 3 aliphatic rings. The summed E-state index contributed by atoms with van der Waals surface area (Å²) in [5, 5.41) is 12.6. The second-order valence-electron chi connectivity index (χ2n) is 9.46. The maximum atomic E-state index is 14.7. The number of pyridine rings is 1. The van der Waals surface area contributed by atoms with Gasteiger partial charge >= 0.3 is 0 Å². The lowest BCUT2D eigenvalue weighted by Crippen LogP contribution is -2.67. The van der Waals surface area contributed by atoms with Crippen LogP contribution in [-0.2, 0) is 6.54 Å². The van der Waals surface area contributed by atoms with E-state index in [-0.39, 0.29) is 24.1 Å². The monoisotopic (exact) mass is 451 g/mol. The van der Waals surface area contributed by atoms with E-state index in [9.17, 15) is 13.9 Å². The summed E-state index contributed by atoms with van der Waals surface area (Å²) in [7, 11) is 1.61. The van der Waals surface area contributed by atoms with Crippen molar-refractivity contribution in [1.29, 1.82) is 0 Å². The zero-order chi connectivity index (χ0) is 23.2. The molecule has 2 bridgehead atoms. The van der Waals surface area contributed by atoms with Crippen LogP contribution in [0.15, 0.2) is 61.3 Å². The quantitative estimate of drug-likeness (QED) is 0.416. The molecule has 3 fully saturated rings. The van der Waals surface area contributed by atoms with Gasteiger partial charge in [0.05, 0.1) is 31.3 Å². The Morgan fingerprint density at radius 1 is 1.24 bits per heavy atom. The number of hydrogen-bond donors (Lipinski definition) is 1. The first-order valence-electron chi connectivity index (χ1n) is 11.5. The average Bonchev–Trinajstić information content (AvgIpc) is 2.85. The van der Waals surface area contributed by atoms with Crippen molar-refractivity contribution in [3.8, 4) is 5.75 Å². The maximum absolute atomic E-state index is 14.7. The van der Waals surface area contributed by atoms with Gasteiger partial charge in [-0.2, -0.15) is 0 Å². The van der Waals surface area contributed by atoms with Gasteiger partial charge in [-0.25, -0.2) is 8.78 Å². The molecule has 5 atom stereocenters. The largest absolute Gasteiger partial charge is 0.497 e. The molecule has 0 saturated carbocycles. The normalized spacial score (nSPS) is 27.5. The van der Waals surface area contributed by atoms with Gasteiger partial charge in [0.1, 0.15) is 36.1 Å². The molecule has 172 valence electrons. The van der Waals surface area contributed by atoms with Crippen LogP contribution in [0.25, 0.3) is 10.9 Å². The molecule has 6 heteroatoms. The summed E-state index contributed by atoms with van der Waals surface area (Å²) in [4.78, 5) is 4.44. The molecule has 3 saturated heterocycles. The minimum Gasteiger partial charge on any atom is -0.497 e. The van der Waals surface area contributed by atoms with Crippen LogP contribution in [0.1, 0.15) is 30.1 Å². The van der Waals surface area contributed by atoms with Crippen LogP contribution < -0.4 is 4.74 Å². The molecular formula is C27H29F2N2O2+. The number of halogens is 2. The maximum Gasteiger partial charge on any atom is 0.135 e.